The molecule has 0 saturated carbocycles. The Morgan fingerprint density at radius 2 is 1.79 bits per heavy atom. The fourth-order valence-corrected chi connectivity index (χ4v) is 4.56. The summed E-state index contributed by atoms with van der Waals surface area (Å²) in [6.45, 7) is 7.01. The van der Waals surface area contributed by atoms with Crippen molar-refractivity contribution >= 4 is 15.9 Å². The molecule has 1 amide bonds. The van der Waals surface area contributed by atoms with E-state index in [0.717, 1.165) is 37.7 Å². The molecule has 1 aliphatic rings. The maximum absolute atomic E-state index is 12.8. The second kappa shape index (κ2) is 8.12. The molecular formula is C18H28N2O3S. The van der Waals surface area contributed by atoms with E-state index >= 15 is 0 Å². The van der Waals surface area contributed by atoms with Gasteiger partial charge in [0.1, 0.15) is 0 Å². The number of hydrogen-bond acceptors (Lipinski definition) is 3. The molecule has 1 fully saturated rings. The van der Waals surface area contributed by atoms with Gasteiger partial charge in [0.05, 0.1) is 4.90 Å². The fraction of sp³-hybridized carbons (Fsp3) is 0.611. The molecule has 0 unspecified atom stereocenters. The summed E-state index contributed by atoms with van der Waals surface area (Å²) in [7, 11) is -3.52. The Balaban J connectivity index is 2.29. The largest absolute Gasteiger partial charge is 0.349 e. The molecule has 0 aliphatic carbocycles. The molecule has 1 heterocycles. The Kier molecular flexibility index (Phi) is 6.40. The number of rotatable bonds is 6. The van der Waals surface area contributed by atoms with Crippen LogP contribution in [0.4, 0.5) is 0 Å². The van der Waals surface area contributed by atoms with Gasteiger partial charge >= 0.3 is 0 Å². The highest BCUT2D eigenvalue weighted by Gasteiger charge is 2.27. The van der Waals surface area contributed by atoms with Crippen LogP contribution in [0.5, 0.6) is 0 Å². The number of hydrogen-bond donors (Lipinski definition) is 1. The Morgan fingerprint density at radius 1 is 1.17 bits per heavy atom. The molecule has 1 aliphatic heterocycles. The third kappa shape index (κ3) is 4.16. The first-order valence-electron chi connectivity index (χ1n) is 8.81. The summed E-state index contributed by atoms with van der Waals surface area (Å²) in [5, 5.41) is 2.98. The van der Waals surface area contributed by atoms with E-state index in [1.54, 1.807) is 12.1 Å². The van der Waals surface area contributed by atoms with Crippen LogP contribution < -0.4 is 5.32 Å². The van der Waals surface area contributed by atoms with Gasteiger partial charge in [0.2, 0.25) is 10.0 Å². The molecule has 2 rings (SSSR count). The van der Waals surface area contributed by atoms with Crippen LogP contribution in [-0.2, 0) is 10.0 Å². The van der Waals surface area contributed by atoms with Gasteiger partial charge < -0.3 is 5.32 Å². The van der Waals surface area contributed by atoms with Crippen molar-refractivity contribution in [1.82, 2.24) is 9.62 Å². The third-order valence-electron chi connectivity index (χ3n) is 4.73. The number of aryl methyl sites for hydroxylation is 1. The maximum atomic E-state index is 12.8. The highest BCUT2D eigenvalue weighted by Crippen LogP contribution is 2.23. The van der Waals surface area contributed by atoms with E-state index in [1.165, 1.54) is 10.4 Å². The van der Waals surface area contributed by atoms with Crippen LogP contribution in [0.1, 0.15) is 61.9 Å². The minimum atomic E-state index is -3.52. The molecule has 5 nitrogen and oxygen atoms in total. The average Bonchev–Trinajstić information content (AvgIpc) is 2.60. The van der Waals surface area contributed by atoms with Gasteiger partial charge in [0, 0.05) is 24.7 Å². The van der Waals surface area contributed by atoms with E-state index in [9.17, 15) is 13.2 Å². The zero-order valence-electron chi connectivity index (χ0n) is 14.8. The molecule has 1 saturated heterocycles. The molecule has 1 aromatic rings. The smallest absolute Gasteiger partial charge is 0.251 e. The normalized spacial score (nSPS) is 16.3. The second-order valence-electron chi connectivity index (χ2n) is 6.43. The molecule has 1 aromatic carbocycles. The zero-order chi connectivity index (χ0) is 17.7. The Labute approximate surface area is 145 Å². The quantitative estimate of drug-likeness (QED) is 0.855. The lowest BCUT2D eigenvalue weighted by Gasteiger charge is -2.26. The van der Waals surface area contributed by atoms with Gasteiger partial charge in [-0.2, -0.15) is 4.31 Å². The summed E-state index contributed by atoms with van der Waals surface area (Å²) >= 11 is 0. The predicted molar refractivity (Wildman–Crippen MR) is 95.6 cm³/mol. The van der Waals surface area contributed by atoms with Gasteiger partial charge in [-0.15, -0.1) is 0 Å². The summed E-state index contributed by atoms with van der Waals surface area (Å²) in [5.74, 6) is -0.197. The standard InChI is InChI=1S/C18H28N2O3S/c1-4-15(5-2)19-18(21)17-13-16(10-9-14(17)3)24(22,23)20-11-7-6-8-12-20/h9-10,13,15H,4-8,11-12H2,1-3H3,(H,19,21). The van der Waals surface area contributed by atoms with Crippen LogP contribution in [0, 0.1) is 6.92 Å². The molecule has 0 bridgehead atoms. The lowest BCUT2D eigenvalue weighted by Crippen LogP contribution is -2.36. The number of nitrogens with one attached hydrogen (secondary N) is 1. The lowest BCUT2D eigenvalue weighted by atomic mass is 10.1. The van der Waals surface area contributed by atoms with Crippen molar-refractivity contribution in [2.75, 3.05) is 13.1 Å². The van der Waals surface area contributed by atoms with Crippen molar-refractivity contribution < 1.29 is 13.2 Å². The third-order valence-corrected chi connectivity index (χ3v) is 6.62. The first kappa shape index (κ1) is 18.9. The van der Waals surface area contributed by atoms with E-state index in [2.05, 4.69) is 5.32 Å². The molecule has 6 heteroatoms. The maximum Gasteiger partial charge on any atom is 0.251 e. The van der Waals surface area contributed by atoms with Crippen LogP contribution in [0.2, 0.25) is 0 Å². The summed E-state index contributed by atoms with van der Waals surface area (Å²) in [6.07, 6.45) is 4.57. The SMILES string of the molecule is CCC(CC)NC(=O)c1cc(S(=O)(=O)N2CCCCC2)ccc1C. The molecule has 1 N–H and O–H groups in total. The van der Waals surface area contributed by atoms with Crippen LogP contribution in [-0.4, -0.2) is 37.8 Å². The highest BCUT2D eigenvalue weighted by molar-refractivity contribution is 7.89. The van der Waals surface area contributed by atoms with Gasteiger partial charge in [-0.05, 0) is 50.3 Å². The van der Waals surface area contributed by atoms with Crippen molar-refractivity contribution in [2.24, 2.45) is 0 Å². The number of carbonyl (C=O) groups is 1. The number of piperidine rings is 1. The van der Waals surface area contributed by atoms with Gasteiger partial charge in [-0.1, -0.05) is 26.3 Å². The summed E-state index contributed by atoms with van der Waals surface area (Å²) in [4.78, 5) is 12.7. The lowest BCUT2D eigenvalue weighted by molar-refractivity contribution is 0.0934. The number of amides is 1. The molecular weight excluding hydrogens is 324 g/mol. The van der Waals surface area contributed by atoms with E-state index in [0.29, 0.717) is 18.7 Å². The minimum Gasteiger partial charge on any atom is -0.349 e. The topological polar surface area (TPSA) is 66.5 Å². The van der Waals surface area contributed by atoms with Crippen molar-refractivity contribution in [3.05, 3.63) is 29.3 Å². The fourth-order valence-electron chi connectivity index (χ4n) is 3.02. The summed E-state index contributed by atoms with van der Waals surface area (Å²) < 4.78 is 27.1. The zero-order valence-corrected chi connectivity index (χ0v) is 15.7. The molecule has 0 atom stereocenters. The van der Waals surface area contributed by atoms with Gasteiger partial charge in [-0.3, -0.25) is 4.79 Å². The molecule has 0 spiro atoms. The van der Waals surface area contributed by atoms with Gasteiger partial charge in [-0.25, -0.2) is 8.42 Å². The molecule has 0 radical (unpaired) electrons. The first-order chi connectivity index (χ1) is 11.4. The van der Waals surface area contributed by atoms with Crippen molar-refractivity contribution in [2.45, 2.75) is 63.8 Å². The van der Waals surface area contributed by atoms with Gasteiger partial charge in [0.15, 0.2) is 0 Å². The highest BCUT2D eigenvalue weighted by atomic mass is 32.2. The number of carbonyl (C=O) groups excluding carboxylic acids is 1. The Hall–Kier alpha value is -1.40. The minimum absolute atomic E-state index is 0.110. The van der Waals surface area contributed by atoms with Crippen molar-refractivity contribution in [1.29, 1.82) is 0 Å². The van der Waals surface area contributed by atoms with Crippen LogP contribution in [0.15, 0.2) is 23.1 Å². The van der Waals surface area contributed by atoms with E-state index < -0.39 is 10.0 Å². The number of sulfonamides is 1. The van der Waals surface area contributed by atoms with E-state index in [-0.39, 0.29) is 16.8 Å². The predicted octanol–water partition coefficient (Wildman–Crippen LogP) is 3.09. The van der Waals surface area contributed by atoms with Crippen LogP contribution in [0.25, 0.3) is 0 Å². The molecule has 0 aromatic heterocycles. The van der Waals surface area contributed by atoms with Crippen molar-refractivity contribution in [3.63, 3.8) is 0 Å². The first-order valence-corrected chi connectivity index (χ1v) is 10.3. The average molecular weight is 353 g/mol. The van der Waals surface area contributed by atoms with Gasteiger partial charge in [0.25, 0.3) is 5.91 Å². The Morgan fingerprint density at radius 3 is 2.38 bits per heavy atom. The monoisotopic (exact) mass is 352 g/mol. The van der Waals surface area contributed by atoms with E-state index in [4.69, 9.17) is 0 Å². The summed E-state index contributed by atoms with van der Waals surface area (Å²) in [6, 6.07) is 4.96. The molecule has 134 valence electrons. The Bertz CT molecular complexity index is 676. The number of nitrogens with zero attached hydrogens (tertiary/aromatic N) is 1. The van der Waals surface area contributed by atoms with Crippen LogP contribution in [0.3, 0.4) is 0 Å². The van der Waals surface area contributed by atoms with Crippen molar-refractivity contribution in [3.8, 4) is 0 Å². The molecule has 24 heavy (non-hydrogen) atoms. The summed E-state index contributed by atoms with van der Waals surface area (Å²) in [5.41, 5.74) is 1.23. The van der Waals surface area contributed by atoms with Crippen LogP contribution >= 0.6 is 0 Å². The van der Waals surface area contributed by atoms with E-state index in [1.807, 2.05) is 20.8 Å². The second-order valence-corrected chi connectivity index (χ2v) is 8.37. The number of benzene rings is 1.